The van der Waals surface area contributed by atoms with Crippen molar-refractivity contribution in [2.75, 3.05) is 0 Å². The number of esters is 1. The zero-order chi connectivity index (χ0) is 16.8. The van der Waals surface area contributed by atoms with Crippen molar-refractivity contribution >= 4 is 16.9 Å². The van der Waals surface area contributed by atoms with Gasteiger partial charge in [0.25, 0.3) is 0 Å². The van der Waals surface area contributed by atoms with Crippen molar-refractivity contribution in [1.29, 1.82) is 0 Å². The molecule has 1 aliphatic rings. The van der Waals surface area contributed by atoms with Gasteiger partial charge in [0.05, 0.1) is 5.92 Å². The minimum atomic E-state index is -0.776. The molecule has 0 radical (unpaired) electrons. The third-order valence-corrected chi connectivity index (χ3v) is 4.12. The molecule has 3 rings (SSSR count). The fourth-order valence-corrected chi connectivity index (χ4v) is 2.69. The quantitative estimate of drug-likeness (QED) is 0.643. The minimum absolute atomic E-state index is 0.197. The van der Waals surface area contributed by atoms with Crippen molar-refractivity contribution in [3.63, 3.8) is 0 Å². The van der Waals surface area contributed by atoms with E-state index in [-0.39, 0.29) is 23.6 Å². The lowest BCUT2D eigenvalue weighted by Gasteiger charge is -2.31. The van der Waals surface area contributed by atoms with E-state index in [1.54, 1.807) is 19.9 Å². The zero-order valence-corrected chi connectivity index (χ0v) is 13.7. The highest BCUT2D eigenvalue weighted by Gasteiger charge is 2.41. The predicted octanol–water partition coefficient (Wildman–Crippen LogP) is 3.07. The van der Waals surface area contributed by atoms with Crippen LogP contribution < -0.4 is 10.4 Å². The molecule has 0 fully saturated rings. The SMILES string of the molecule is CC(C)C(=O)OC(C)(C)C1Cc2c(ccc3ccc(=O)oc23)O1. The zero-order valence-electron chi connectivity index (χ0n) is 13.7. The van der Waals surface area contributed by atoms with Crippen LogP contribution in [-0.2, 0) is 16.0 Å². The normalized spacial score (nSPS) is 17.2. The van der Waals surface area contributed by atoms with Crippen LogP contribution in [0.1, 0.15) is 33.3 Å². The van der Waals surface area contributed by atoms with Crippen molar-refractivity contribution in [2.45, 2.75) is 45.8 Å². The number of carbonyl (C=O) groups excluding carboxylic acids is 1. The maximum atomic E-state index is 11.9. The maximum absolute atomic E-state index is 11.9. The molecular formula is C18H20O5. The molecule has 122 valence electrons. The first-order chi connectivity index (χ1) is 10.8. The Kier molecular flexibility index (Phi) is 3.66. The number of hydrogen-bond donors (Lipinski definition) is 0. The smallest absolute Gasteiger partial charge is 0.336 e. The van der Waals surface area contributed by atoms with Gasteiger partial charge in [-0.25, -0.2) is 4.79 Å². The third-order valence-electron chi connectivity index (χ3n) is 4.12. The molecule has 1 aromatic carbocycles. The Morgan fingerprint density at radius 1 is 1.26 bits per heavy atom. The van der Waals surface area contributed by atoms with Crippen LogP contribution in [0.4, 0.5) is 0 Å². The molecule has 5 heteroatoms. The van der Waals surface area contributed by atoms with E-state index in [1.807, 2.05) is 26.0 Å². The summed E-state index contributed by atoms with van der Waals surface area (Å²) in [5, 5.41) is 0.851. The van der Waals surface area contributed by atoms with E-state index in [1.165, 1.54) is 6.07 Å². The van der Waals surface area contributed by atoms with Crippen LogP contribution in [-0.4, -0.2) is 17.7 Å². The van der Waals surface area contributed by atoms with Gasteiger partial charge in [-0.2, -0.15) is 0 Å². The standard InChI is InChI=1S/C18H20O5/c1-10(2)17(20)23-18(3,4)14-9-12-13(21-14)7-5-11-6-8-15(19)22-16(11)12/h5-8,10,14H,9H2,1-4H3. The maximum Gasteiger partial charge on any atom is 0.336 e. The molecule has 1 unspecified atom stereocenters. The molecule has 2 heterocycles. The van der Waals surface area contributed by atoms with Gasteiger partial charge in [-0.3, -0.25) is 4.79 Å². The predicted molar refractivity (Wildman–Crippen MR) is 85.6 cm³/mol. The first-order valence-electron chi connectivity index (χ1n) is 7.73. The molecule has 1 aromatic heterocycles. The molecule has 0 aliphatic carbocycles. The van der Waals surface area contributed by atoms with Gasteiger partial charge < -0.3 is 13.9 Å². The van der Waals surface area contributed by atoms with Crippen LogP contribution in [0.3, 0.4) is 0 Å². The lowest BCUT2D eigenvalue weighted by Crippen LogP contribution is -2.44. The highest BCUT2D eigenvalue weighted by atomic mass is 16.6. The second kappa shape index (κ2) is 5.41. The summed E-state index contributed by atoms with van der Waals surface area (Å²) in [6, 6.07) is 6.85. The van der Waals surface area contributed by atoms with E-state index in [0.717, 1.165) is 10.9 Å². The Bertz CT molecular complexity index is 816. The largest absolute Gasteiger partial charge is 0.485 e. The molecule has 1 aliphatic heterocycles. The van der Waals surface area contributed by atoms with Crippen molar-refractivity contribution in [2.24, 2.45) is 5.92 Å². The van der Waals surface area contributed by atoms with Crippen LogP contribution in [0.15, 0.2) is 33.5 Å². The van der Waals surface area contributed by atoms with Crippen LogP contribution in [0.2, 0.25) is 0 Å². The van der Waals surface area contributed by atoms with Gasteiger partial charge in [0.1, 0.15) is 23.0 Å². The van der Waals surface area contributed by atoms with Gasteiger partial charge in [0.15, 0.2) is 0 Å². The first-order valence-corrected chi connectivity index (χ1v) is 7.73. The van der Waals surface area contributed by atoms with Gasteiger partial charge >= 0.3 is 11.6 Å². The van der Waals surface area contributed by atoms with Crippen LogP contribution in [0.25, 0.3) is 11.0 Å². The molecule has 0 N–H and O–H groups in total. The summed E-state index contributed by atoms with van der Waals surface area (Å²) in [5.41, 5.74) is 0.226. The van der Waals surface area contributed by atoms with Gasteiger partial charge in [0, 0.05) is 23.4 Å². The molecular weight excluding hydrogens is 296 g/mol. The summed E-state index contributed by atoms with van der Waals surface area (Å²) in [5.74, 6) is 0.216. The van der Waals surface area contributed by atoms with Gasteiger partial charge in [-0.05, 0) is 32.0 Å². The Morgan fingerprint density at radius 3 is 2.65 bits per heavy atom. The van der Waals surface area contributed by atoms with E-state index in [0.29, 0.717) is 17.8 Å². The Labute approximate surface area is 134 Å². The third kappa shape index (κ3) is 2.83. The number of ether oxygens (including phenoxy) is 2. The number of benzene rings is 1. The molecule has 0 amide bonds. The Hall–Kier alpha value is -2.30. The summed E-state index contributed by atoms with van der Waals surface area (Å²) < 4.78 is 16.9. The van der Waals surface area contributed by atoms with Crippen LogP contribution in [0, 0.1) is 5.92 Å². The summed E-state index contributed by atoms with van der Waals surface area (Å²) in [6.45, 7) is 7.26. The Morgan fingerprint density at radius 2 is 1.96 bits per heavy atom. The molecule has 0 saturated carbocycles. The van der Waals surface area contributed by atoms with Crippen LogP contribution >= 0.6 is 0 Å². The lowest BCUT2D eigenvalue weighted by molar-refractivity contribution is -0.168. The molecule has 0 bridgehead atoms. The van der Waals surface area contributed by atoms with E-state index >= 15 is 0 Å². The van der Waals surface area contributed by atoms with E-state index < -0.39 is 5.60 Å². The Balaban J connectivity index is 1.92. The average Bonchev–Trinajstić information content (AvgIpc) is 2.92. The van der Waals surface area contributed by atoms with Crippen molar-refractivity contribution in [3.8, 4) is 5.75 Å². The molecule has 1 atom stereocenters. The highest BCUT2D eigenvalue weighted by molar-refractivity contribution is 5.82. The summed E-state index contributed by atoms with van der Waals surface area (Å²) in [4.78, 5) is 23.4. The van der Waals surface area contributed by atoms with Crippen molar-refractivity contribution in [3.05, 3.63) is 40.2 Å². The van der Waals surface area contributed by atoms with E-state index in [9.17, 15) is 9.59 Å². The van der Waals surface area contributed by atoms with Gasteiger partial charge in [-0.1, -0.05) is 13.8 Å². The average molecular weight is 316 g/mol. The highest BCUT2D eigenvalue weighted by Crippen LogP contribution is 2.38. The number of hydrogen-bond acceptors (Lipinski definition) is 5. The van der Waals surface area contributed by atoms with Gasteiger partial charge in [-0.15, -0.1) is 0 Å². The summed E-state index contributed by atoms with van der Waals surface area (Å²) >= 11 is 0. The second-order valence-electron chi connectivity index (χ2n) is 6.70. The fraction of sp³-hybridized carbons (Fsp3) is 0.444. The number of rotatable bonds is 3. The van der Waals surface area contributed by atoms with Crippen molar-refractivity contribution in [1.82, 2.24) is 0 Å². The van der Waals surface area contributed by atoms with E-state index in [4.69, 9.17) is 13.9 Å². The molecule has 23 heavy (non-hydrogen) atoms. The second-order valence-corrected chi connectivity index (χ2v) is 6.70. The summed E-state index contributed by atoms with van der Waals surface area (Å²) in [6.07, 6.45) is 0.203. The van der Waals surface area contributed by atoms with Gasteiger partial charge in [0.2, 0.25) is 0 Å². The number of carbonyl (C=O) groups is 1. The molecule has 2 aromatic rings. The van der Waals surface area contributed by atoms with E-state index in [2.05, 4.69) is 0 Å². The number of fused-ring (bicyclic) bond motifs is 3. The fourth-order valence-electron chi connectivity index (χ4n) is 2.69. The van der Waals surface area contributed by atoms with Crippen molar-refractivity contribution < 1.29 is 18.7 Å². The lowest BCUT2D eigenvalue weighted by atomic mass is 9.96. The molecule has 0 saturated heterocycles. The topological polar surface area (TPSA) is 65.7 Å². The molecule has 0 spiro atoms. The summed E-state index contributed by atoms with van der Waals surface area (Å²) in [7, 11) is 0. The van der Waals surface area contributed by atoms with Crippen LogP contribution in [0.5, 0.6) is 5.75 Å². The monoisotopic (exact) mass is 316 g/mol. The first kappa shape index (κ1) is 15.6. The minimum Gasteiger partial charge on any atom is -0.485 e. The molecule has 5 nitrogen and oxygen atoms in total.